The molecule has 1 saturated heterocycles. The third-order valence-corrected chi connectivity index (χ3v) is 6.15. The number of benzene rings is 1. The summed E-state index contributed by atoms with van der Waals surface area (Å²) in [6.07, 6.45) is -2.62. The van der Waals surface area contributed by atoms with Gasteiger partial charge in [0, 0.05) is 36.1 Å². The van der Waals surface area contributed by atoms with Crippen LogP contribution in [0.4, 0.5) is 24.1 Å². The smallest absolute Gasteiger partial charge is 0.355 e. The van der Waals surface area contributed by atoms with Crippen molar-refractivity contribution in [3.63, 3.8) is 0 Å². The SMILES string of the molecule is O=C(Nc1nc(-c2ccccc2)cs1)C1CCN(c2ncc(C(F)(F)F)cc2Cl)CC1. The lowest BCUT2D eigenvalue weighted by Gasteiger charge is -2.32. The Balaban J connectivity index is 1.35. The number of hydrogen-bond donors (Lipinski definition) is 1. The van der Waals surface area contributed by atoms with E-state index < -0.39 is 11.7 Å². The highest BCUT2D eigenvalue weighted by atomic mass is 35.5. The first-order valence-electron chi connectivity index (χ1n) is 9.61. The van der Waals surface area contributed by atoms with Crippen molar-refractivity contribution in [1.82, 2.24) is 9.97 Å². The molecule has 4 rings (SSSR count). The predicted molar refractivity (Wildman–Crippen MR) is 115 cm³/mol. The van der Waals surface area contributed by atoms with Crippen molar-refractivity contribution in [2.75, 3.05) is 23.3 Å². The lowest BCUT2D eigenvalue weighted by atomic mass is 9.96. The molecule has 1 aliphatic rings. The second-order valence-electron chi connectivity index (χ2n) is 7.18. The van der Waals surface area contributed by atoms with Gasteiger partial charge >= 0.3 is 6.18 Å². The fourth-order valence-electron chi connectivity index (χ4n) is 3.45. The number of nitrogens with one attached hydrogen (secondary N) is 1. The summed E-state index contributed by atoms with van der Waals surface area (Å²) < 4.78 is 38.4. The monoisotopic (exact) mass is 466 g/mol. The Morgan fingerprint density at radius 2 is 1.90 bits per heavy atom. The number of alkyl halides is 3. The van der Waals surface area contributed by atoms with E-state index in [4.69, 9.17) is 11.6 Å². The van der Waals surface area contributed by atoms with Crippen LogP contribution < -0.4 is 10.2 Å². The zero-order valence-corrected chi connectivity index (χ0v) is 17.8. The van der Waals surface area contributed by atoms with Gasteiger partial charge in [-0.25, -0.2) is 9.97 Å². The van der Waals surface area contributed by atoms with E-state index in [1.165, 1.54) is 11.3 Å². The highest BCUT2D eigenvalue weighted by Crippen LogP contribution is 2.35. The van der Waals surface area contributed by atoms with Gasteiger partial charge in [0.2, 0.25) is 5.91 Å². The van der Waals surface area contributed by atoms with Gasteiger partial charge in [-0.1, -0.05) is 41.9 Å². The van der Waals surface area contributed by atoms with E-state index in [9.17, 15) is 18.0 Å². The minimum absolute atomic E-state index is 0.0473. The molecule has 0 spiro atoms. The van der Waals surface area contributed by atoms with Crippen molar-refractivity contribution in [3.05, 3.63) is 58.6 Å². The van der Waals surface area contributed by atoms with Crippen LogP contribution in [0.25, 0.3) is 11.3 Å². The van der Waals surface area contributed by atoms with Crippen LogP contribution in [0.5, 0.6) is 0 Å². The Hall–Kier alpha value is -2.65. The number of halogens is 4. The molecular formula is C21H18ClF3N4OS. The second kappa shape index (κ2) is 8.84. The molecule has 2 aromatic heterocycles. The number of anilines is 2. The van der Waals surface area contributed by atoms with Crippen LogP contribution in [0.15, 0.2) is 48.0 Å². The summed E-state index contributed by atoms with van der Waals surface area (Å²) >= 11 is 7.40. The second-order valence-corrected chi connectivity index (χ2v) is 8.45. The third kappa shape index (κ3) is 4.99. The van der Waals surface area contributed by atoms with Crippen molar-refractivity contribution >= 4 is 39.8 Å². The van der Waals surface area contributed by atoms with Gasteiger partial charge in [-0.05, 0) is 18.9 Å². The first-order chi connectivity index (χ1) is 14.8. The fourth-order valence-corrected chi connectivity index (χ4v) is 4.46. The van der Waals surface area contributed by atoms with Gasteiger partial charge in [0.05, 0.1) is 16.3 Å². The molecular weight excluding hydrogens is 449 g/mol. The van der Waals surface area contributed by atoms with Gasteiger partial charge in [0.1, 0.15) is 5.82 Å². The zero-order valence-electron chi connectivity index (χ0n) is 16.2. The number of amides is 1. The number of aromatic nitrogens is 2. The molecule has 0 unspecified atom stereocenters. The summed E-state index contributed by atoms with van der Waals surface area (Å²) in [7, 11) is 0. The van der Waals surface area contributed by atoms with Gasteiger partial charge in [-0.2, -0.15) is 13.2 Å². The van der Waals surface area contributed by atoms with E-state index in [1.807, 2.05) is 40.6 Å². The molecule has 1 amide bonds. The predicted octanol–water partition coefficient (Wildman–Crippen LogP) is 5.73. The summed E-state index contributed by atoms with van der Waals surface area (Å²) in [4.78, 5) is 22.8. The molecule has 162 valence electrons. The minimum atomic E-state index is -4.49. The van der Waals surface area contributed by atoms with Gasteiger partial charge < -0.3 is 10.2 Å². The Morgan fingerprint density at radius 3 is 2.55 bits per heavy atom. The lowest BCUT2D eigenvalue weighted by Crippen LogP contribution is -2.38. The molecule has 3 heterocycles. The third-order valence-electron chi connectivity index (χ3n) is 5.12. The minimum Gasteiger partial charge on any atom is -0.355 e. The normalized spacial score (nSPS) is 15.2. The van der Waals surface area contributed by atoms with E-state index in [-0.39, 0.29) is 16.8 Å². The van der Waals surface area contributed by atoms with Crippen LogP contribution in [0.3, 0.4) is 0 Å². The highest BCUT2D eigenvalue weighted by Gasteiger charge is 2.33. The zero-order chi connectivity index (χ0) is 22.0. The highest BCUT2D eigenvalue weighted by molar-refractivity contribution is 7.14. The molecule has 5 nitrogen and oxygen atoms in total. The molecule has 0 bridgehead atoms. The molecule has 3 aromatic rings. The van der Waals surface area contributed by atoms with E-state index in [2.05, 4.69) is 15.3 Å². The molecule has 0 saturated carbocycles. The standard InChI is InChI=1S/C21H18ClF3N4OS/c22-16-10-15(21(23,24)25)11-26-18(16)29-8-6-14(7-9-29)19(30)28-20-27-17(12-31-20)13-4-2-1-3-5-13/h1-5,10-12,14H,6-9H2,(H,27,28,30). The summed E-state index contributed by atoms with van der Waals surface area (Å²) in [5.41, 5.74) is 0.904. The summed E-state index contributed by atoms with van der Waals surface area (Å²) in [5.74, 6) is -0.0189. The van der Waals surface area contributed by atoms with Gasteiger partial charge in [-0.15, -0.1) is 11.3 Å². The molecule has 1 aromatic carbocycles. The van der Waals surface area contributed by atoms with E-state index in [0.29, 0.717) is 36.9 Å². The maximum absolute atomic E-state index is 12.8. The van der Waals surface area contributed by atoms with Crippen molar-refractivity contribution < 1.29 is 18.0 Å². The molecule has 0 aliphatic carbocycles. The molecule has 0 atom stereocenters. The largest absolute Gasteiger partial charge is 0.417 e. The first-order valence-corrected chi connectivity index (χ1v) is 10.9. The Morgan fingerprint density at radius 1 is 1.19 bits per heavy atom. The Labute approximate surface area is 185 Å². The van der Waals surface area contributed by atoms with E-state index >= 15 is 0 Å². The topological polar surface area (TPSA) is 58.1 Å². The molecule has 1 N–H and O–H groups in total. The number of pyridine rings is 1. The number of rotatable bonds is 4. The maximum Gasteiger partial charge on any atom is 0.417 e. The van der Waals surface area contributed by atoms with Crippen LogP contribution in [0, 0.1) is 5.92 Å². The van der Waals surface area contributed by atoms with Crippen molar-refractivity contribution in [2.45, 2.75) is 19.0 Å². The number of thiazole rings is 1. The van der Waals surface area contributed by atoms with Crippen molar-refractivity contribution in [1.29, 1.82) is 0 Å². The van der Waals surface area contributed by atoms with Crippen LogP contribution in [-0.2, 0) is 11.0 Å². The summed E-state index contributed by atoms with van der Waals surface area (Å²) in [5, 5.41) is 5.26. The summed E-state index contributed by atoms with van der Waals surface area (Å²) in [6, 6.07) is 10.6. The average molecular weight is 467 g/mol. The quantitative estimate of drug-likeness (QED) is 0.533. The van der Waals surface area contributed by atoms with E-state index in [1.54, 1.807) is 0 Å². The molecule has 10 heteroatoms. The number of hydrogen-bond acceptors (Lipinski definition) is 5. The number of piperidine rings is 1. The van der Waals surface area contributed by atoms with Crippen molar-refractivity contribution in [3.8, 4) is 11.3 Å². The average Bonchev–Trinajstić information content (AvgIpc) is 3.22. The van der Waals surface area contributed by atoms with Crippen LogP contribution in [-0.4, -0.2) is 29.0 Å². The van der Waals surface area contributed by atoms with Gasteiger partial charge in [-0.3, -0.25) is 4.79 Å². The van der Waals surface area contributed by atoms with E-state index in [0.717, 1.165) is 23.5 Å². The molecule has 31 heavy (non-hydrogen) atoms. The fraction of sp³-hybridized carbons (Fsp3) is 0.286. The Kier molecular flexibility index (Phi) is 6.15. The Bertz CT molecular complexity index is 1070. The number of carbonyl (C=O) groups is 1. The van der Waals surface area contributed by atoms with Gasteiger partial charge in [0.25, 0.3) is 0 Å². The first kappa shape index (κ1) is 21.6. The number of nitrogens with zero attached hydrogens (tertiary/aromatic N) is 3. The molecule has 0 radical (unpaired) electrons. The van der Waals surface area contributed by atoms with Crippen LogP contribution in [0.2, 0.25) is 5.02 Å². The van der Waals surface area contributed by atoms with Crippen LogP contribution >= 0.6 is 22.9 Å². The molecule has 1 fully saturated rings. The molecule has 1 aliphatic heterocycles. The number of carbonyl (C=O) groups excluding carboxylic acids is 1. The maximum atomic E-state index is 12.8. The van der Waals surface area contributed by atoms with Crippen LogP contribution in [0.1, 0.15) is 18.4 Å². The van der Waals surface area contributed by atoms with Crippen molar-refractivity contribution in [2.24, 2.45) is 5.92 Å². The van der Waals surface area contributed by atoms with Gasteiger partial charge in [0.15, 0.2) is 5.13 Å². The summed E-state index contributed by atoms with van der Waals surface area (Å²) in [6.45, 7) is 0.951. The lowest BCUT2D eigenvalue weighted by molar-refractivity contribution is -0.137.